The van der Waals surface area contributed by atoms with Crippen molar-refractivity contribution in [2.75, 3.05) is 44.2 Å². The molecule has 114 valence electrons. The zero-order valence-corrected chi connectivity index (χ0v) is 12.2. The first-order chi connectivity index (χ1) is 10.2. The summed E-state index contributed by atoms with van der Waals surface area (Å²) in [5.74, 6) is -0.140. The van der Waals surface area contributed by atoms with E-state index in [2.05, 4.69) is 21.7 Å². The Bertz CT molecular complexity index is 467. The largest absolute Gasteiger partial charge is 0.369 e. The second-order valence-electron chi connectivity index (χ2n) is 5.15. The molecule has 0 atom stereocenters. The number of carbonyl (C=O) groups excluding carboxylic acids is 1. The van der Waals surface area contributed by atoms with Crippen molar-refractivity contribution in [3.8, 4) is 0 Å². The van der Waals surface area contributed by atoms with Crippen LogP contribution in [-0.2, 0) is 4.79 Å². The Labute approximate surface area is 125 Å². The number of rotatable bonds is 6. The normalized spacial score (nSPS) is 15.8. The van der Waals surface area contributed by atoms with Crippen molar-refractivity contribution in [2.24, 2.45) is 0 Å². The minimum Gasteiger partial charge on any atom is -0.369 e. The van der Waals surface area contributed by atoms with Crippen LogP contribution in [0.3, 0.4) is 0 Å². The highest BCUT2D eigenvalue weighted by atomic mass is 19.1. The van der Waals surface area contributed by atoms with E-state index in [-0.39, 0.29) is 11.7 Å². The lowest BCUT2D eigenvalue weighted by Crippen LogP contribution is -2.47. The predicted molar refractivity (Wildman–Crippen MR) is 82.9 cm³/mol. The molecule has 1 aromatic rings. The van der Waals surface area contributed by atoms with E-state index in [0.29, 0.717) is 13.0 Å². The Morgan fingerprint density at radius 2 is 1.90 bits per heavy atom. The summed E-state index contributed by atoms with van der Waals surface area (Å²) < 4.78 is 12.9. The molecule has 0 radical (unpaired) electrons. The summed E-state index contributed by atoms with van der Waals surface area (Å²) in [6, 6.07) is 6.61. The number of halogens is 1. The monoisotopic (exact) mass is 291 g/mol. The van der Waals surface area contributed by atoms with Crippen molar-refractivity contribution >= 4 is 11.6 Å². The molecule has 2 rings (SSSR count). The third-order valence-electron chi connectivity index (χ3n) is 3.66. The SMILES string of the molecule is C=CCNC(=O)CCN1CCN(c2ccc(F)cc2)CC1. The van der Waals surface area contributed by atoms with Gasteiger partial charge in [0.15, 0.2) is 0 Å². The lowest BCUT2D eigenvalue weighted by molar-refractivity contribution is -0.121. The molecule has 1 amide bonds. The summed E-state index contributed by atoms with van der Waals surface area (Å²) in [5, 5.41) is 2.78. The zero-order chi connectivity index (χ0) is 15.1. The van der Waals surface area contributed by atoms with Crippen LogP contribution in [0.4, 0.5) is 10.1 Å². The third-order valence-corrected chi connectivity index (χ3v) is 3.66. The number of piperazine rings is 1. The van der Waals surface area contributed by atoms with Gasteiger partial charge in [-0.1, -0.05) is 6.08 Å². The number of hydrogen-bond acceptors (Lipinski definition) is 3. The molecule has 0 bridgehead atoms. The summed E-state index contributed by atoms with van der Waals surface area (Å²) in [6.07, 6.45) is 2.20. The smallest absolute Gasteiger partial charge is 0.221 e. The quantitative estimate of drug-likeness (QED) is 0.809. The van der Waals surface area contributed by atoms with E-state index in [0.717, 1.165) is 38.4 Å². The highest BCUT2D eigenvalue weighted by molar-refractivity contribution is 5.76. The van der Waals surface area contributed by atoms with E-state index in [9.17, 15) is 9.18 Å². The molecule has 21 heavy (non-hydrogen) atoms. The van der Waals surface area contributed by atoms with Crippen molar-refractivity contribution in [1.29, 1.82) is 0 Å². The molecular formula is C16H22FN3O. The molecule has 0 unspecified atom stereocenters. The second-order valence-corrected chi connectivity index (χ2v) is 5.15. The van der Waals surface area contributed by atoms with Gasteiger partial charge in [0.2, 0.25) is 5.91 Å². The van der Waals surface area contributed by atoms with Crippen molar-refractivity contribution < 1.29 is 9.18 Å². The van der Waals surface area contributed by atoms with Crippen molar-refractivity contribution in [3.05, 3.63) is 42.7 Å². The molecule has 0 aromatic heterocycles. The van der Waals surface area contributed by atoms with Gasteiger partial charge in [0.05, 0.1) is 0 Å². The van der Waals surface area contributed by atoms with Gasteiger partial charge in [-0.25, -0.2) is 4.39 Å². The fraction of sp³-hybridized carbons (Fsp3) is 0.438. The average Bonchev–Trinajstić information content (AvgIpc) is 2.52. The number of carbonyl (C=O) groups is 1. The number of anilines is 1. The van der Waals surface area contributed by atoms with Crippen molar-refractivity contribution in [1.82, 2.24) is 10.2 Å². The lowest BCUT2D eigenvalue weighted by atomic mass is 10.2. The number of benzene rings is 1. The van der Waals surface area contributed by atoms with Gasteiger partial charge in [-0.2, -0.15) is 0 Å². The van der Waals surface area contributed by atoms with Crippen LogP contribution in [0.15, 0.2) is 36.9 Å². The molecule has 1 N–H and O–H groups in total. The first kappa shape index (κ1) is 15.5. The average molecular weight is 291 g/mol. The molecule has 5 heteroatoms. The molecule has 4 nitrogen and oxygen atoms in total. The molecule has 0 spiro atoms. The van der Waals surface area contributed by atoms with Gasteiger partial charge >= 0.3 is 0 Å². The molecule has 0 saturated carbocycles. The first-order valence-electron chi connectivity index (χ1n) is 7.29. The number of hydrogen-bond donors (Lipinski definition) is 1. The Morgan fingerprint density at radius 1 is 1.24 bits per heavy atom. The topological polar surface area (TPSA) is 35.6 Å². The van der Waals surface area contributed by atoms with E-state index >= 15 is 0 Å². The summed E-state index contributed by atoms with van der Waals surface area (Å²) >= 11 is 0. The number of nitrogens with one attached hydrogen (secondary N) is 1. The lowest BCUT2D eigenvalue weighted by Gasteiger charge is -2.36. The Morgan fingerprint density at radius 3 is 2.52 bits per heavy atom. The Balaban J connectivity index is 1.72. The molecule has 1 aromatic carbocycles. The maximum Gasteiger partial charge on any atom is 0.221 e. The Kier molecular flexibility index (Phi) is 5.75. The van der Waals surface area contributed by atoms with Crippen LogP contribution < -0.4 is 10.2 Å². The molecule has 1 aliphatic heterocycles. The molecule has 1 fully saturated rings. The third kappa shape index (κ3) is 4.86. The highest BCUT2D eigenvalue weighted by Crippen LogP contribution is 2.16. The fourth-order valence-corrected chi connectivity index (χ4v) is 2.42. The summed E-state index contributed by atoms with van der Waals surface area (Å²) in [4.78, 5) is 16.1. The van der Waals surface area contributed by atoms with Gasteiger partial charge in [0.1, 0.15) is 5.82 Å². The molecule has 1 aliphatic rings. The van der Waals surface area contributed by atoms with Crippen molar-refractivity contribution in [2.45, 2.75) is 6.42 Å². The number of amides is 1. The van der Waals surface area contributed by atoms with Crippen LogP contribution in [0.5, 0.6) is 0 Å². The van der Waals surface area contributed by atoms with Crippen molar-refractivity contribution in [3.63, 3.8) is 0 Å². The van der Waals surface area contributed by atoms with E-state index in [1.807, 2.05) is 12.1 Å². The number of nitrogens with zero attached hydrogens (tertiary/aromatic N) is 2. The predicted octanol–water partition coefficient (Wildman–Crippen LogP) is 1.64. The summed E-state index contributed by atoms with van der Waals surface area (Å²) in [7, 11) is 0. The minimum absolute atomic E-state index is 0.0656. The van der Waals surface area contributed by atoms with Gasteiger partial charge in [0, 0.05) is 51.4 Å². The molecule has 1 heterocycles. The van der Waals surface area contributed by atoms with Crippen LogP contribution in [0.1, 0.15) is 6.42 Å². The standard InChI is InChI=1S/C16H22FN3O/c1-2-8-18-16(21)7-9-19-10-12-20(13-11-19)15-5-3-14(17)4-6-15/h2-6H,1,7-13H2,(H,18,21). The van der Waals surface area contributed by atoms with Gasteiger partial charge < -0.3 is 10.2 Å². The summed E-state index contributed by atoms with van der Waals surface area (Å²) in [6.45, 7) is 8.52. The van der Waals surface area contributed by atoms with E-state index < -0.39 is 0 Å². The van der Waals surface area contributed by atoms with Gasteiger partial charge in [-0.05, 0) is 24.3 Å². The molecule has 0 aliphatic carbocycles. The zero-order valence-electron chi connectivity index (χ0n) is 12.2. The minimum atomic E-state index is -0.206. The first-order valence-corrected chi connectivity index (χ1v) is 7.29. The van der Waals surface area contributed by atoms with Gasteiger partial charge in [0.25, 0.3) is 0 Å². The fourth-order valence-electron chi connectivity index (χ4n) is 2.42. The van der Waals surface area contributed by atoms with Crippen LogP contribution >= 0.6 is 0 Å². The van der Waals surface area contributed by atoms with E-state index in [1.54, 1.807) is 6.08 Å². The van der Waals surface area contributed by atoms with Crippen LogP contribution in [0.25, 0.3) is 0 Å². The van der Waals surface area contributed by atoms with Crippen LogP contribution in [-0.4, -0.2) is 50.1 Å². The van der Waals surface area contributed by atoms with E-state index in [1.165, 1.54) is 12.1 Å². The molecule has 1 saturated heterocycles. The second kappa shape index (κ2) is 7.78. The Hall–Kier alpha value is -1.88. The van der Waals surface area contributed by atoms with Crippen LogP contribution in [0, 0.1) is 5.82 Å². The van der Waals surface area contributed by atoms with Gasteiger partial charge in [-0.3, -0.25) is 9.69 Å². The molecular weight excluding hydrogens is 269 g/mol. The van der Waals surface area contributed by atoms with Gasteiger partial charge in [-0.15, -0.1) is 6.58 Å². The summed E-state index contributed by atoms with van der Waals surface area (Å²) in [5.41, 5.74) is 1.06. The maximum atomic E-state index is 12.9. The highest BCUT2D eigenvalue weighted by Gasteiger charge is 2.17. The van der Waals surface area contributed by atoms with E-state index in [4.69, 9.17) is 0 Å². The van der Waals surface area contributed by atoms with Crippen LogP contribution in [0.2, 0.25) is 0 Å². The maximum absolute atomic E-state index is 12.9.